The van der Waals surface area contributed by atoms with Crippen LogP contribution in [0.3, 0.4) is 0 Å². The van der Waals surface area contributed by atoms with E-state index in [9.17, 15) is 13.5 Å². The van der Waals surface area contributed by atoms with E-state index < -0.39 is 10.0 Å². The highest BCUT2D eigenvalue weighted by atomic mass is 35.5. The van der Waals surface area contributed by atoms with Crippen LogP contribution < -0.4 is 10.0 Å². The number of benzene rings is 2. The number of hydrogen-bond acceptors (Lipinski definition) is 7. The van der Waals surface area contributed by atoms with Crippen LogP contribution in [-0.2, 0) is 15.8 Å². The minimum absolute atomic E-state index is 0.0641. The standard InChI is InChI=1S/C20H20Cl2N4O3S2/c1-13(11-27)23-17-10-18(25-20(24-17)30-12-14-6-3-2-4-7-14)26-31(28,29)16-9-5-8-15(21)19(16)22/h2-10,13,27H,11-12H2,1H3,(H2,23,24,25,26)/t13-/m1/s1. The Labute approximate surface area is 195 Å². The Morgan fingerprint density at radius 3 is 2.48 bits per heavy atom. The third-order valence-corrected chi connectivity index (χ3v) is 7.28. The van der Waals surface area contributed by atoms with E-state index in [-0.39, 0.29) is 33.4 Å². The third kappa shape index (κ3) is 6.47. The van der Waals surface area contributed by atoms with Gasteiger partial charge in [-0.1, -0.05) is 71.4 Å². The fourth-order valence-corrected chi connectivity index (χ4v) is 5.09. The lowest BCUT2D eigenvalue weighted by atomic mass is 10.2. The summed E-state index contributed by atoms with van der Waals surface area (Å²) in [6, 6.07) is 15.3. The highest BCUT2D eigenvalue weighted by molar-refractivity contribution is 7.98. The van der Waals surface area contributed by atoms with Gasteiger partial charge in [-0.15, -0.1) is 0 Å². The molecule has 1 aromatic heterocycles. The van der Waals surface area contributed by atoms with Crippen LogP contribution >= 0.6 is 35.0 Å². The lowest BCUT2D eigenvalue weighted by Crippen LogP contribution is -2.21. The van der Waals surface area contributed by atoms with E-state index >= 15 is 0 Å². The number of aliphatic hydroxyl groups excluding tert-OH is 1. The van der Waals surface area contributed by atoms with Crippen LogP contribution in [-0.4, -0.2) is 36.1 Å². The highest BCUT2D eigenvalue weighted by Crippen LogP contribution is 2.31. The summed E-state index contributed by atoms with van der Waals surface area (Å²) in [7, 11) is -4.04. The number of sulfonamides is 1. The minimum Gasteiger partial charge on any atom is -0.394 e. The molecule has 0 aliphatic heterocycles. The predicted octanol–water partition coefficient (Wildman–Crippen LogP) is 4.67. The average Bonchev–Trinajstić information content (AvgIpc) is 2.74. The van der Waals surface area contributed by atoms with Crippen LogP contribution in [0.1, 0.15) is 12.5 Å². The molecule has 31 heavy (non-hydrogen) atoms. The van der Waals surface area contributed by atoms with Crippen molar-refractivity contribution in [2.75, 3.05) is 16.6 Å². The largest absolute Gasteiger partial charge is 0.394 e. The predicted molar refractivity (Wildman–Crippen MR) is 125 cm³/mol. The molecule has 164 valence electrons. The van der Waals surface area contributed by atoms with Crippen LogP contribution in [0, 0.1) is 0 Å². The van der Waals surface area contributed by atoms with Gasteiger partial charge < -0.3 is 10.4 Å². The van der Waals surface area contributed by atoms with E-state index in [0.29, 0.717) is 16.7 Å². The number of thioether (sulfide) groups is 1. The average molecular weight is 499 g/mol. The number of nitrogens with one attached hydrogen (secondary N) is 2. The van der Waals surface area contributed by atoms with Gasteiger partial charge in [0.05, 0.1) is 16.7 Å². The van der Waals surface area contributed by atoms with E-state index in [1.165, 1.54) is 36.0 Å². The maximum atomic E-state index is 12.9. The van der Waals surface area contributed by atoms with Gasteiger partial charge in [0.2, 0.25) is 0 Å². The van der Waals surface area contributed by atoms with Gasteiger partial charge in [0.25, 0.3) is 10.0 Å². The molecule has 1 atom stereocenters. The molecule has 0 unspecified atom stereocenters. The molecule has 0 aliphatic rings. The van der Waals surface area contributed by atoms with Gasteiger partial charge in [-0.05, 0) is 24.6 Å². The van der Waals surface area contributed by atoms with Crippen LogP contribution in [0.5, 0.6) is 0 Å². The molecule has 0 saturated heterocycles. The Bertz CT molecular complexity index is 1150. The Hall–Kier alpha value is -2.04. The van der Waals surface area contributed by atoms with Crippen molar-refractivity contribution in [3.05, 3.63) is 70.2 Å². The third-order valence-electron chi connectivity index (χ3n) is 4.03. The molecule has 3 aromatic rings. The van der Waals surface area contributed by atoms with Crippen molar-refractivity contribution in [1.29, 1.82) is 0 Å². The smallest absolute Gasteiger partial charge is 0.264 e. The molecule has 2 aromatic carbocycles. The zero-order valence-corrected chi connectivity index (χ0v) is 19.6. The highest BCUT2D eigenvalue weighted by Gasteiger charge is 2.21. The van der Waals surface area contributed by atoms with Crippen molar-refractivity contribution < 1.29 is 13.5 Å². The van der Waals surface area contributed by atoms with Gasteiger partial charge in [-0.2, -0.15) is 0 Å². The summed E-state index contributed by atoms with van der Waals surface area (Å²) in [6.45, 7) is 1.66. The van der Waals surface area contributed by atoms with Gasteiger partial charge in [0, 0.05) is 17.9 Å². The summed E-state index contributed by atoms with van der Waals surface area (Å²) in [4.78, 5) is 8.59. The van der Waals surface area contributed by atoms with Crippen molar-refractivity contribution in [2.24, 2.45) is 0 Å². The quantitative estimate of drug-likeness (QED) is 0.290. The Morgan fingerprint density at radius 2 is 1.77 bits per heavy atom. The molecule has 0 saturated carbocycles. The molecule has 0 fully saturated rings. The topological polar surface area (TPSA) is 104 Å². The maximum absolute atomic E-state index is 12.9. The van der Waals surface area contributed by atoms with Crippen molar-refractivity contribution >= 4 is 56.6 Å². The normalized spacial score (nSPS) is 12.4. The van der Waals surface area contributed by atoms with Crippen LogP contribution in [0.15, 0.2) is 64.6 Å². The Balaban J connectivity index is 1.90. The van der Waals surface area contributed by atoms with Crippen LogP contribution in [0.25, 0.3) is 0 Å². The van der Waals surface area contributed by atoms with E-state index in [4.69, 9.17) is 23.2 Å². The van der Waals surface area contributed by atoms with Crippen molar-refractivity contribution in [3.63, 3.8) is 0 Å². The molecule has 0 amide bonds. The second-order valence-electron chi connectivity index (χ2n) is 6.58. The Morgan fingerprint density at radius 1 is 1.06 bits per heavy atom. The second-order valence-corrected chi connectivity index (χ2v) is 9.96. The van der Waals surface area contributed by atoms with Crippen molar-refractivity contribution in [1.82, 2.24) is 9.97 Å². The molecule has 0 radical (unpaired) electrons. The Kier molecular flexibility index (Phi) is 8.01. The number of hydrogen-bond donors (Lipinski definition) is 3. The van der Waals surface area contributed by atoms with Gasteiger partial charge in [0.1, 0.15) is 16.5 Å². The molecule has 0 bridgehead atoms. The molecule has 7 nitrogen and oxygen atoms in total. The molecular formula is C20H20Cl2N4O3S2. The number of aromatic nitrogens is 2. The van der Waals surface area contributed by atoms with Crippen molar-refractivity contribution in [2.45, 2.75) is 28.8 Å². The zero-order valence-electron chi connectivity index (χ0n) is 16.4. The lowest BCUT2D eigenvalue weighted by Gasteiger charge is -2.15. The second kappa shape index (κ2) is 10.5. The molecule has 1 heterocycles. The lowest BCUT2D eigenvalue weighted by molar-refractivity contribution is 0.281. The SMILES string of the molecule is C[C@H](CO)Nc1cc(NS(=O)(=O)c2cccc(Cl)c2Cl)nc(SCc2ccccc2)n1. The minimum atomic E-state index is -4.04. The fraction of sp³-hybridized carbons (Fsp3) is 0.200. The first-order chi connectivity index (χ1) is 14.8. The van der Waals surface area contributed by atoms with Crippen LogP contribution in [0.4, 0.5) is 11.6 Å². The molecule has 3 rings (SSSR count). The molecule has 0 aliphatic carbocycles. The number of halogens is 2. The molecule has 11 heteroatoms. The summed E-state index contributed by atoms with van der Waals surface area (Å²) >= 11 is 13.4. The van der Waals surface area contributed by atoms with E-state index in [1.54, 1.807) is 6.92 Å². The van der Waals surface area contributed by atoms with Gasteiger partial charge in [0.15, 0.2) is 5.16 Å². The fourth-order valence-electron chi connectivity index (χ4n) is 2.52. The first-order valence-corrected chi connectivity index (χ1v) is 12.4. The monoisotopic (exact) mass is 498 g/mol. The van der Waals surface area contributed by atoms with E-state index in [0.717, 1.165) is 5.56 Å². The zero-order chi connectivity index (χ0) is 22.4. The molecule has 0 spiro atoms. The van der Waals surface area contributed by atoms with Crippen molar-refractivity contribution in [3.8, 4) is 0 Å². The number of nitrogens with zero attached hydrogens (tertiary/aromatic N) is 2. The first kappa shape index (κ1) is 23.6. The molecular weight excluding hydrogens is 479 g/mol. The molecule has 3 N–H and O–H groups in total. The summed E-state index contributed by atoms with van der Waals surface area (Å²) < 4.78 is 28.2. The summed E-state index contributed by atoms with van der Waals surface area (Å²) in [6.07, 6.45) is 0. The van der Waals surface area contributed by atoms with Gasteiger partial charge in [-0.3, -0.25) is 4.72 Å². The summed E-state index contributed by atoms with van der Waals surface area (Å²) in [5.74, 6) is 1.04. The number of rotatable bonds is 9. The number of aliphatic hydroxyl groups is 1. The van der Waals surface area contributed by atoms with Gasteiger partial charge in [-0.25, -0.2) is 18.4 Å². The van der Waals surface area contributed by atoms with E-state index in [1.807, 2.05) is 30.3 Å². The van der Waals surface area contributed by atoms with E-state index in [2.05, 4.69) is 20.0 Å². The summed E-state index contributed by atoms with van der Waals surface area (Å²) in [5, 5.41) is 12.8. The maximum Gasteiger partial charge on any atom is 0.264 e. The number of anilines is 2. The van der Waals surface area contributed by atoms with Gasteiger partial charge >= 0.3 is 0 Å². The first-order valence-electron chi connectivity index (χ1n) is 9.18. The summed E-state index contributed by atoms with van der Waals surface area (Å²) in [5.41, 5.74) is 1.08. The van der Waals surface area contributed by atoms with Crippen LogP contribution in [0.2, 0.25) is 10.0 Å².